The van der Waals surface area contributed by atoms with Crippen LogP contribution in [0.25, 0.3) is 22.9 Å². The number of ether oxygens (including phenoxy) is 7. The third kappa shape index (κ3) is 19.7. The van der Waals surface area contributed by atoms with Crippen molar-refractivity contribution in [2.75, 3.05) is 39.6 Å². The average molecular weight is 1190 g/mol. The smallest absolute Gasteiger partial charge is 0.342 e. The lowest BCUT2D eigenvalue weighted by atomic mass is 9.95. The number of carbonyl (C=O) groups excluding carboxylic acids is 2. The number of carbonyl (C=O) groups is 2. The summed E-state index contributed by atoms with van der Waals surface area (Å²) in [5, 5.41) is 9.39. The van der Waals surface area contributed by atoms with Gasteiger partial charge in [0, 0.05) is 11.1 Å². The first-order valence-corrected chi connectivity index (χ1v) is 30.7. The lowest BCUT2D eigenvalue weighted by Crippen LogP contribution is -2.29. The summed E-state index contributed by atoms with van der Waals surface area (Å²) in [7, 11) is -3.78. The van der Waals surface area contributed by atoms with Crippen LogP contribution in [0.4, 0.5) is 0 Å². The maximum Gasteiger partial charge on any atom is 0.342 e. The first-order valence-electron chi connectivity index (χ1n) is 29.3. The fraction of sp³-hybridized carbons (Fsp3) is 0.433. The maximum absolute atomic E-state index is 12.3. The van der Waals surface area contributed by atoms with Gasteiger partial charge in [0.1, 0.15) is 52.1 Å². The molecule has 2 heterocycles. The molecule has 17 nitrogen and oxygen atoms in total. The van der Waals surface area contributed by atoms with Gasteiger partial charge in [0.2, 0.25) is 11.8 Å². The second-order valence-electron chi connectivity index (χ2n) is 21.3. The molecule has 85 heavy (non-hydrogen) atoms. The van der Waals surface area contributed by atoms with Crippen LogP contribution in [0.3, 0.4) is 0 Å². The molecule has 0 saturated heterocycles. The number of aryl methyl sites for hydroxylation is 7. The van der Waals surface area contributed by atoms with Crippen LogP contribution in [0.5, 0.6) is 11.5 Å². The van der Waals surface area contributed by atoms with Crippen LogP contribution in [0.15, 0.2) is 123 Å². The van der Waals surface area contributed by atoms with Crippen molar-refractivity contribution in [3.63, 3.8) is 0 Å². The van der Waals surface area contributed by atoms with Gasteiger partial charge in [-0.3, -0.25) is 4.18 Å². The standard InChI is InChI=1S/C30H37NO6.C27H33NO6S.C10H12O3/c1-5-33-30(32)28-21(3)10-7-14-27(28)35-16-15-34-24-12-8-13-25(18-24)36-19-26-22(4)37-29(31-26)23-11-6-9-20(2)17-23;1-19-10-12-25(13-11-19)35(29,30)33-15-14-31-23-8-5-9-24(17-23)32-18-26-21(3)34-27(28-26)22-7-4-6-20(2)16-22;1-3-13-10(12)9-7(2)5-4-6-8(9)11/h6-7,9-11,14,17,24-25H,5,8,12-13,15-16,18-19H2,1-4H3;4,6-7,10-13,16,23-24H,5,8-9,14-15,17-18H2,1-3H3;4-6,11H,3H2,1-2H3/t24-,25+;23-,24+;/m11./s1. The van der Waals surface area contributed by atoms with Crippen LogP contribution in [-0.4, -0.2) is 99.5 Å². The zero-order chi connectivity index (χ0) is 60.9. The zero-order valence-electron chi connectivity index (χ0n) is 50.5. The minimum absolute atomic E-state index is 0.0145. The second kappa shape index (κ2) is 32.4. The van der Waals surface area contributed by atoms with Crippen LogP contribution in [0, 0.1) is 48.5 Å². The van der Waals surface area contributed by atoms with Gasteiger partial charge in [0.25, 0.3) is 10.1 Å². The third-order valence-electron chi connectivity index (χ3n) is 14.5. The Labute approximate surface area is 500 Å². The van der Waals surface area contributed by atoms with Crippen molar-refractivity contribution in [3.8, 4) is 34.4 Å². The molecule has 0 aliphatic heterocycles. The molecular weight excluding hydrogens is 1100 g/mol. The van der Waals surface area contributed by atoms with Gasteiger partial charge in [-0.05, 0) is 173 Å². The minimum atomic E-state index is -3.78. The van der Waals surface area contributed by atoms with E-state index in [0.717, 1.165) is 108 Å². The van der Waals surface area contributed by atoms with Gasteiger partial charge < -0.3 is 47.1 Å². The van der Waals surface area contributed by atoms with Gasteiger partial charge in [-0.15, -0.1) is 0 Å². The van der Waals surface area contributed by atoms with Crippen molar-refractivity contribution in [1.29, 1.82) is 0 Å². The van der Waals surface area contributed by atoms with Crippen molar-refractivity contribution in [2.24, 2.45) is 0 Å². The molecule has 2 aliphatic rings. The summed E-state index contributed by atoms with van der Waals surface area (Å²) in [4.78, 5) is 33.1. The molecule has 2 saturated carbocycles. The predicted octanol–water partition coefficient (Wildman–Crippen LogP) is 13.8. The van der Waals surface area contributed by atoms with Crippen LogP contribution in [-0.2, 0) is 55.9 Å². The topological polar surface area (TPSA) is 214 Å². The molecule has 1 N–H and O–H groups in total. The summed E-state index contributed by atoms with van der Waals surface area (Å²) in [5.41, 5.74) is 9.17. The number of aromatic nitrogens is 2. The minimum Gasteiger partial charge on any atom is -0.507 e. The van der Waals surface area contributed by atoms with Gasteiger partial charge in [-0.25, -0.2) is 19.6 Å². The molecule has 5 aromatic carbocycles. The summed E-state index contributed by atoms with van der Waals surface area (Å²) in [6.45, 7) is 19.4. The monoisotopic (exact) mass is 1190 g/mol. The molecule has 0 unspecified atom stereocenters. The van der Waals surface area contributed by atoms with Gasteiger partial charge in [0.15, 0.2) is 0 Å². The first kappa shape index (κ1) is 65.4. The number of aromatic hydroxyl groups is 1. The number of hydrogen-bond donors (Lipinski definition) is 1. The molecule has 2 aromatic heterocycles. The first-order chi connectivity index (χ1) is 40.9. The SMILES string of the molecule is CCOC(=O)c1c(C)cccc1O.CCOC(=O)c1c(C)cccc1OCCO[C@@H]1CCC[C@H](OCc2nc(-c3cccc(C)c3)oc2C)C1.Cc1ccc(S(=O)(=O)OCCO[C@@H]2CCC[C@H](OCc3nc(-c4cccc(C)c4)oc3C)C2)cc1. The number of benzene rings is 5. The Hall–Kier alpha value is -7.19. The fourth-order valence-corrected chi connectivity index (χ4v) is 10.9. The van der Waals surface area contributed by atoms with Crippen molar-refractivity contribution >= 4 is 22.1 Å². The molecule has 0 spiro atoms. The molecule has 2 aliphatic carbocycles. The van der Waals surface area contributed by atoms with E-state index in [1.165, 1.54) is 11.6 Å². The number of phenolic OH excluding ortho intramolecular Hbond substituents is 1. The third-order valence-corrected chi connectivity index (χ3v) is 15.8. The highest BCUT2D eigenvalue weighted by Crippen LogP contribution is 2.30. The zero-order valence-corrected chi connectivity index (χ0v) is 51.3. The molecule has 18 heteroatoms. The highest BCUT2D eigenvalue weighted by Gasteiger charge is 2.27. The largest absolute Gasteiger partial charge is 0.507 e. The average Bonchev–Trinajstić information content (AvgIpc) is 4.28. The molecule has 0 radical (unpaired) electrons. The highest BCUT2D eigenvalue weighted by atomic mass is 32.2. The molecule has 7 aromatic rings. The maximum atomic E-state index is 12.3. The summed E-state index contributed by atoms with van der Waals surface area (Å²) >= 11 is 0. The molecule has 9 rings (SSSR count). The Kier molecular flexibility index (Phi) is 24.9. The van der Waals surface area contributed by atoms with E-state index in [0.29, 0.717) is 62.7 Å². The van der Waals surface area contributed by atoms with Crippen LogP contribution in [0.1, 0.15) is 137 Å². The Bertz CT molecular complexity index is 3350. The molecule has 456 valence electrons. The van der Waals surface area contributed by atoms with Crippen LogP contribution < -0.4 is 4.74 Å². The molecule has 0 bridgehead atoms. The second-order valence-corrected chi connectivity index (χ2v) is 22.9. The molecule has 0 amide bonds. The van der Waals surface area contributed by atoms with E-state index in [2.05, 4.69) is 35.1 Å². The van der Waals surface area contributed by atoms with Crippen molar-refractivity contribution in [1.82, 2.24) is 9.97 Å². The van der Waals surface area contributed by atoms with E-state index in [4.69, 9.17) is 46.2 Å². The van der Waals surface area contributed by atoms with Gasteiger partial charge in [0.05, 0.1) is 75.6 Å². The molecule has 4 atom stereocenters. The Morgan fingerprint density at radius 1 is 0.541 bits per heavy atom. The van der Waals surface area contributed by atoms with E-state index in [1.54, 1.807) is 63.2 Å². The van der Waals surface area contributed by atoms with E-state index in [1.807, 2.05) is 77.1 Å². The quantitative estimate of drug-likeness (QED) is 0.0358. The molecule has 2 fully saturated rings. The van der Waals surface area contributed by atoms with Gasteiger partial charge >= 0.3 is 11.9 Å². The van der Waals surface area contributed by atoms with Crippen molar-refractivity contribution in [2.45, 2.75) is 156 Å². The summed E-state index contributed by atoms with van der Waals surface area (Å²) < 4.78 is 81.7. The molecular formula is C67H82N2O15S. The highest BCUT2D eigenvalue weighted by molar-refractivity contribution is 7.86. The number of esters is 2. The van der Waals surface area contributed by atoms with Gasteiger partial charge in [-0.2, -0.15) is 8.42 Å². The number of oxazole rings is 2. The van der Waals surface area contributed by atoms with E-state index in [9.17, 15) is 23.1 Å². The normalized spacial score (nSPS) is 16.8. The Morgan fingerprint density at radius 2 is 1.00 bits per heavy atom. The predicted molar refractivity (Wildman–Crippen MR) is 322 cm³/mol. The summed E-state index contributed by atoms with van der Waals surface area (Å²) in [6.07, 6.45) is 7.82. The number of phenols is 1. The van der Waals surface area contributed by atoms with E-state index >= 15 is 0 Å². The lowest BCUT2D eigenvalue weighted by Gasteiger charge is -2.29. The fourth-order valence-electron chi connectivity index (χ4n) is 9.98. The van der Waals surface area contributed by atoms with Crippen LogP contribution >= 0.6 is 0 Å². The Balaban J connectivity index is 0.000000202. The Morgan fingerprint density at radius 3 is 1.49 bits per heavy atom. The van der Waals surface area contributed by atoms with E-state index in [-0.39, 0.29) is 59.8 Å². The lowest BCUT2D eigenvalue weighted by molar-refractivity contribution is -0.0557. The number of rotatable bonds is 23. The van der Waals surface area contributed by atoms with E-state index < -0.39 is 16.1 Å². The van der Waals surface area contributed by atoms with Crippen LogP contribution in [0.2, 0.25) is 0 Å². The van der Waals surface area contributed by atoms with Gasteiger partial charge in [-0.1, -0.05) is 77.4 Å². The van der Waals surface area contributed by atoms with Crippen molar-refractivity contribution < 1.29 is 69.3 Å². The summed E-state index contributed by atoms with van der Waals surface area (Å²) in [6, 6.07) is 33.3. The number of nitrogens with zero attached hydrogens (tertiary/aromatic N) is 2. The van der Waals surface area contributed by atoms with Crippen molar-refractivity contribution in [3.05, 3.63) is 171 Å². The number of hydrogen-bond acceptors (Lipinski definition) is 17. The summed E-state index contributed by atoms with van der Waals surface area (Å²) in [5.74, 6) is 2.45.